The minimum absolute atomic E-state index is 0.458. The Bertz CT molecular complexity index is 486. The predicted molar refractivity (Wildman–Crippen MR) is 60.6 cm³/mol. The number of pyridine rings is 1. The summed E-state index contributed by atoms with van der Waals surface area (Å²) in [5.74, 6) is 1.36. The summed E-state index contributed by atoms with van der Waals surface area (Å²) in [6, 6.07) is 4.22. The minimum Gasteiger partial charge on any atom is -0.495 e. The molecular formula is C12H16N2O. The Kier molecular flexibility index (Phi) is 2.39. The van der Waals surface area contributed by atoms with E-state index in [0.717, 1.165) is 17.0 Å². The molecule has 2 aromatic heterocycles. The molecule has 80 valence electrons. The maximum atomic E-state index is 5.36. The number of ether oxygens (including phenoxy) is 1. The molecule has 3 heteroatoms. The highest BCUT2D eigenvalue weighted by Gasteiger charge is 2.10. The number of aromatic nitrogens is 2. The van der Waals surface area contributed by atoms with Crippen molar-refractivity contribution >= 4 is 5.52 Å². The van der Waals surface area contributed by atoms with Crippen molar-refractivity contribution in [3.05, 3.63) is 29.6 Å². The quantitative estimate of drug-likeness (QED) is 0.752. The van der Waals surface area contributed by atoms with Crippen molar-refractivity contribution in [1.29, 1.82) is 0 Å². The van der Waals surface area contributed by atoms with Gasteiger partial charge in [-0.15, -0.1) is 0 Å². The van der Waals surface area contributed by atoms with Crippen LogP contribution in [0.5, 0.6) is 5.75 Å². The Balaban J connectivity index is 2.68. The van der Waals surface area contributed by atoms with Crippen molar-refractivity contribution in [2.45, 2.75) is 26.7 Å². The third kappa shape index (κ3) is 1.69. The molecule has 0 aromatic carbocycles. The van der Waals surface area contributed by atoms with Crippen LogP contribution in [-0.2, 0) is 0 Å². The van der Waals surface area contributed by atoms with Gasteiger partial charge in [-0.05, 0) is 25.0 Å². The summed E-state index contributed by atoms with van der Waals surface area (Å²) in [7, 11) is 1.70. The van der Waals surface area contributed by atoms with Crippen LogP contribution in [0.3, 0.4) is 0 Å². The van der Waals surface area contributed by atoms with Crippen LogP contribution in [0.1, 0.15) is 31.0 Å². The van der Waals surface area contributed by atoms with E-state index in [9.17, 15) is 0 Å². The second kappa shape index (κ2) is 3.57. The highest BCUT2D eigenvalue weighted by Crippen LogP contribution is 2.27. The number of fused-ring (bicyclic) bond motifs is 1. The van der Waals surface area contributed by atoms with E-state index >= 15 is 0 Å². The molecule has 0 radical (unpaired) electrons. The maximum Gasteiger partial charge on any atom is 0.140 e. The first-order chi connectivity index (χ1) is 7.11. The van der Waals surface area contributed by atoms with Crippen LogP contribution in [0.2, 0.25) is 0 Å². The molecule has 0 aliphatic rings. The average Bonchev–Trinajstić information content (AvgIpc) is 2.54. The van der Waals surface area contributed by atoms with E-state index < -0.39 is 0 Å². The molecule has 3 nitrogen and oxygen atoms in total. The Hall–Kier alpha value is -1.51. The van der Waals surface area contributed by atoms with Gasteiger partial charge < -0.3 is 4.74 Å². The summed E-state index contributed by atoms with van der Waals surface area (Å²) in [4.78, 5) is 0. The lowest BCUT2D eigenvalue weighted by Crippen LogP contribution is -1.98. The average molecular weight is 204 g/mol. The molecule has 0 saturated carbocycles. The first-order valence-corrected chi connectivity index (χ1v) is 5.15. The molecule has 2 rings (SSSR count). The second-order valence-electron chi connectivity index (χ2n) is 4.11. The SMILES string of the molecule is COc1cn2nc(C)cc2cc1C(C)C. The van der Waals surface area contributed by atoms with Gasteiger partial charge in [-0.3, -0.25) is 0 Å². The fraction of sp³-hybridized carbons (Fsp3) is 0.417. The van der Waals surface area contributed by atoms with Crippen LogP contribution < -0.4 is 4.74 Å². The molecular weight excluding hydrogens is 188 g/mol. The number of methoxy groups -OCH3 is 1. The number of rotatable bonds is 2. The Morgan fingerprint density at radius 2 is 2.07 bits per heavy atom. The number of aryl methyl sites for hydroxylation is 1. The predicted octanol–water partition coefficient (Wildman–Crippen LogP) is 2.77. The molecule has 0 bridgehead atoms. The molecule has 2 aromatic rings. The van der Waals surface area contributed by atoms with Crippen LogP contribution in [0.4, 0.5) is 0 Å². The second-order valence-corrected chi connectivity index (χ2v) is 4.11. The summed E-state index contributed by atoms with van der Waals surface area (Å²) < 4.78 is 7.22. The van der Waals surface area contributed by atoms with Crippen LogP contribution in [0.15, 0.2) is 18.3 Å². The molecule has 2 heterocycles. The van der Waals surface area contributed by atoms with E-state index in [2.05, 4.69) is 31.1 Å². The molecule has 0 amide bonds. The van der Waals surface area contributed by atoms with Gasteiger partial charge in [0.05, 0.1) is 24.5 Å². The van der Waals surface area contributed by atoms with Gasteiger partial charge in [-0.1, -0.05) is 13.8 Å². The molecule has 0 spiro atoms. The molecule has 0 atom stereocenters. The maximum absolute atomic E-state index is 5.36. The summed E-state index contributed by atoms with van der Waals surface area (Å²) in [5, 5.41) is 4.36. The van der Waals surface area contributed by atoms with Crippen LogP contribution in [-0.4, -0.2) is 16.7 Å². The van der Waals surface area contributed by atoms with E-state index in [0.29, 0.717) is 5.92 Å². The van der Waals surface area contributed by atoms with E-state index in [1.54, 1.807) is 7.11 Å². The molecule has 15 heavy (non-hydrogen) atoms. The van der Waals surface area contributed by atoms with Crippen LogP contribution in [0, 0.1) is 6.92 Å². The zero-order valence-corrected chi connectivity index (χ0v) is 9.61. The van der Waals surface area contributed by atoms with E-state index in [-0.39, 0.29) is 0 Å². The van der Waals surface area contributed by atoms with E-state index in [1.807, 2.05) is 17.6 Å². The zero-order chi connectivity index (χ0) is 11.0. The third-order valence-electron chi connectivity index (χ3n) is 2.56. The van der Waals surface area contributed by atoms with Crippen molar-refractivity contribution in [1.82, 2.24) is 9.61 Å². The normalized spacial score (nSPS) is 11.3. The van der Waals surface area contributed by atoms with Gasteiger partial charge in [-0.25, -0.2) is 4.52 Å². The largest absolute Gasteiger partial charge is 0.495 e. The van der Waals surface area contributed by atoms with Gasteiger partial charge in [0.1, 0.15) is 5.75 Å². The summed E-state index contributed by atoms with van der Waals surface area (Å²) >= 11 is 0. The summed E-state index contributed by atoms with van der Waals surface area (Å²) in [6.07, 6.45) is 1.94. The summed E-state index contributed by atoms with van der Waals surface area (Å²) in [6.45, 7) is 6.32. The number of hydrogen-bond donors (Lipinski definition) is 0. The molecule has 0 aliphatic heterocycles. The molecule has 0 fully saturated rings. The first kappa shape index (κ1) is 10.0. The monoisotopic (exact) mass is 204 g/mol. The Labute approximate surface area is 89.7 Å². The summed E-state index contributed by atoms with van der Waals surface area (Å²) in [5.41, 5.74) is 3.37. The van der Waals surface area contributed by atoms with Gasteiger partial charge in [-0.2, -0.15) is 5.10 Å². The van der Waals surface area contributed by atoms with Gasteiger partial charge in [0, 0.05) is 5.56 Å². The van der Waals surface area contributed by atoms with Gasteiger partial charge >= 0.3 is 0 Å². The van der Waals surface area contributed by atoms with Crippen molar-refractivity contribution in [3.8, 4) is 5.75 Å². The molecule has 0 N–H and O–H groups in total. The first-order valence-electron chi connectivity index (χ1n) is 5.15. The standard InChI is InChI=1S/C12H16N2O/c1-8(2)11-6-10-5-9(3)13-14(10)7-12(11)15-4/h5-8H,1-4H3. The zero-order valence-electron chi connectivity index (χ0n) is 9.61. The molecule has 0 unspecified atom stereocenters. The Morgan fingerprint density at radius 1 is 1.33 bits per heavy atom. The van der Waals surface area contributed by atoms with Gasteiger partial charge in [0.15, 0.2) is 0 Å². The lowest BCUT2D eigenvalue weighted by atomic mass is 10.0. The number of hydrogen-bond acceptors (Lipinski definition) is 2. The van der Waals surface area contributed by atoms with Crippen LogP contribution >= 0.6 is 0 Å². The van der Waals surface area contributed by atoms with Gasteiger partial charge in [0.25, 0.3) is 0 Å². The fourth-order valence-corrected chi connectivity index (χ4v) is 1.79. The lowest BCUT2D eigenvalue weighted by molar-refractivity contribution is 0.404. The van der Waals surface area contributed by atoms with Crippen molar-refractivity contribution in [3.63, 3.8) is 0 Å². The highest BCUT2D eigenvalue weighted by atomic mass is 16.5. The van der Waals surface area contributed by atoms with Gasteiger partial charge in [0.2, 0.25) is 0 Å². The van der Waals surface area contributed by atoms with Crippen LogP contribution in [0.25, 0.3) is 5.52 Å². The Morgan fingerprint density at radius 3 is 2.67 bits per heavy atom. The molecule has 0 saturated heterocycles. The van der Waals surface area contributed by atoms with Crippen molar-refractivity contribution in [2.75, 3.05) is 7.11 Å². The smallest absolute Gasteiger partial charge is 0.140 e. The van der Waals surface area contributed by atoms with E-state index in [4.69, 9.17) is 4.74 Å². The fourth-order valence-electron chi connectivity index (χ4n) is 1.79. The van der Waals surface area contributed by atoms with Crippen molar-refractivity contribution < 1.29 is 4.74 Å². The number of nitrogens with zero attached hydrogens (tertiary/aromatic N) is 2. The third-order valence-corrected chi connectivity index (χ3v) is 2.56. The lowest BCUT2D eigenvalue weighted by Gasteiger charge is -2.11. The molecule has 0 aliphatic carbocycles. The van der Waals surface area contributed by atoms with Crippen molar-refractivity contribution in [2.24, 2.45) is 0 Å². The minimum atomic E-state index is 0.458. The highest BCUT2D eigenvalue weighted by molar-refractivity contribution is 5.54. The topological polar surface area (TPSA) is 26.5 Å². The van der Waals surface area contributed by atoms with E-state index in [1.165, 1.54) is 5.56 Å².